The van der Waals surface area contributed by atoms with Gasteiger partial charge in [0, 0.05) is 17.0 Å². The van der Waals surface area contributed by atoms with Crippen LogP contribution in [-0.4, -0.2) is 51.5 Å². The number of ether oxygens (including phenoxy) is 2. The van der Waals surface area contributed by atoms with Crippen molar-refractivity contribution in [3.63, 3.8) is 0 Å². The van der Waals surface area contributed by atoms with E-state index in [1.165, 1.54) is 23.1 Å². The molecule has 1 aromatic carbocycles. The number of esters is 1. The van der Waals surface area contributed by atoms with Gasteiger partial charge in [-0.05, 0) is 63.3 Å². The highest BCUT2D eigenvalue weighted by atomic mass is 32.2. The van der Waals surface area contributed by atoms with E-state index in [4.69, 9.17) is 9.47 Å². The maximum absolute atomic E-state index is 13.2. The second kappa shape index (κ2) is 13.8. The molecule has 2 aromatic heterocycles. The fraction of sp³-hybridized carbons (Fsp3) is 0.464. The first kappa shape index (κ1) is 29.6. The molecule has 1 aliphatic carbocycles. The topological polar surface area (TPSA) is 124 Å². The molecule has 2 N–H and O–H groups in total. The lowest BCUT2D eigenvalue weighted by Gasteiger charge is -2.14. The third-order valence-corrected chi connectivity index (χ3v) is 8.84. The van der Waals surface area contributed by atoms with Crippen LogP contribution in [0.5, 0.6) is 5.75 Å². The van der Waals surface area contributed by atoms with Crippen molar-refractivity contribution in [3.05, 3.63) is 51.7 Å². The fourth-order valence-electron chi connectivity index (χ4n) is 4.44. The van der Waals surface area contributed by atoms with Crippen LogP contribution in [-0.2, 0) is 35.5 Å². The molecule has 3 aromatic rings. The van der Waals surface area contributed by atoms with Crippen LogP contribution in [0.2, 0.25) is 0 Å². The van der Waals surface area contributed by atoms with E-state index in [9.17, 15) is 14.4 Å². The molecule has 4 rings (SSSR count). The molecule has 0 saturated heterocycles. The maximum Gasteiger partial charge on any atom is 0.341 e. The molecule has 1 aliphatic rings. The van der Waals surface area contributed by atoms with Gasteiger partial charge in [-0.3, -0.25) is 9.59 Å². The molecule has 214 valence electrons. The molecule has 0 fully saturated rings. The summed E-state index contributed by atoms with van der Waals surface area (Å²) in [6, 6.07) is 6.94. The van der Waals surface area contributed by atoms with Crippen molar-refractivity contribution < 1.29 is 23.9 Å². The Morgan fingerprint density at radius 3 is 2.77 bits per heavy atom. The Bertz CT molecular complexity index is 1370. The minimum Gasteiger partial charge on any atom is -0.497 e. The number of nitrogens with zero attached hydrogens (tertiary/aromatic N) is 3. The number of amides is 2. The molecule has 10 nitrogen and oxygen atoms in total. The van der Waals surface area contributed by atoms with Crippen molar-refractivity contribution in [2.45, 2.75) is 76.4 Å². The Morgan fingerprint density at radius 1 is 1.20 bits per heavy atom. The number of thiophene rings is 1. The Hall–Kier alpha value is -3.38. The summed E-state index contributed by atoms with van der Waals surface area (Å²) in [6.07, 6.45) is 4.59. The number of benzene rings is 1. The standard InChI is InChI=1S/C28H35N5O5S2/c1-5-7-14-33-22(16-29-25(35)18-10-8-11-19(15-18)37-4)31-32-28(33)39-17(3)24(34)30-26-23(27(36)38-6-2)20-12-9-13-21(20)40-26/h8,10-11,15,17H,5-7,9,12-14,16H2,1-4H3,(H,29,35)(H,30,34). The largest absolute Gasteiger partial charge is 0.497 e. The van der Waals surface area contributed by atoms with Crippen LogP contribution in [0.4, 0.5) is 5.00 Å². The number of unbranched alkanes of at least 4 members (excludes halogenated alkanes) is 1. The highest BCUT2D eigenvalue weighted by molar-refractivity contribution is 8.00. The van der Waals surface area contributed by atoms with Gasteiger partial charge in [-0.1, -0.05) is 31.2 Å². The normalized spacial score (nSPS) is 13.0. The predicted octanol–water partition coefficient (Wildman–Crippen LogP) is 4.86. The molecule has 2 amide bonds. The van der Waals surface area contributed by atoms with Gasteiger partial charge in [0.2, 0.25) is 5.91 Å². The Kier molecular flexibility index (Phi) is 10.2. The summed E-state index contributed by atoms with van der Waals surface area (Å²) in [6.45, 7) is 6.80. The molecule has 0 saturated carbocycles. The number of thioether (sulfide) groups is 1. The zero-order valence-electron chi connectivity index (χ0n) is 23.2. The summed E-state index contributed by atoms with van der Waals surface area (Å²) in [7, 11) is 1.56. The lowest BCUT2D eigenvalue weighted by atomic mass is 10.1. The quantitative estimate of drug-likeness (QED) is 0.215. The minimum absolute atomic E-state index is 0.192. The number of nitrogens with one attached hydrogen (secondary N) is 2. The summed E-state index contributed by atoms with van der Waals surface area (Å²) in [5, 5.41) is 15.2. The zero-order valence-corrected chi connectivity index (χ0v) is 24.9. The van der Waals surface area contributed by atoms with E-state index >= 15 is 0 Å². The number of methoxy groups -OCH3 is 1. The number of aryl methyl sites for hydroxylation is 1. The van der Waals surface area contributed by atoms with Crippen LogP contribution in [0.15, 0.2) is 29.4 Å². The average Bonchev–Trinajstić information content (AvgIpc) is 3.65. The summed E-state index contributed by atoms with van der Waals surface area (Å²) < 4.78 is 12.4. The molecule has 0 aliphatic heterocycles. The van der Waals surface area contributed by atoms with Crippen molar-refractivity contribution in [1.82, 2.24) is 20.1 Å². The molecule has 0 bridgehead atoms. The van der Waals surface area contributed by atoms with Crippen LogP contribution in [0.1, 0.15) is 77.0 Å². The SMILES string of the molecule is CCCCn1c(CNC(=O)c2cccc(OC)c2)nnc1SC(C)C(=O)Nc1sc2c(c1C(=O)OCC)CCC2. The molecular formula is C28H35N5O5S2. The molecular weight excluding hydrogens is 550 g/mol. The van der Waals surface area contributed by atoms with Gasteiger partial charge in [0.25, 0.3) is 5.91 Å². The Balaban J connectivity index is 1.45. The average molecular weight is 586 g/mol. The number of hydrogen-bond acceptors (Lipinski definition) is 9. The van der Waals surface area contributed by atoms with E-state index in [-0.39, 0.29) is 25.0 Å². The van der Waals surface area contributed by atoms with Gasteiger partial charge in [0.15, 0.2) is 11.0 Å². The molecule has 0 radical (unpaired) electrons. The Morgan fingerprint density at radius 2 is 2.02 bits per heavy atom. The Labute approximate surface area is 242 Å². The molecule has 12 heteroatoms. The number of carbonyl (C=O) groups is 3. The van der Waals surface area contributed by atoms with E-state index < -0.39 is 11.2 Å². The molecule has 1 atom stereocenters. The smallest absolute Gasteiger partial charge is 0.341 e. The van der Waals surface area contributed by atoms with Gasteiger partial charge in [0.05, 0.1) is 31.1 Å². The van der Waals surface area contributed by atoms with Gasteiger partial charge < -0.3 is 24.7 Å². The van der Waals surface area contributed by atoms with Crippen LogP contribution < -0.4 is 15.4 Å². The molecule has 40 heavy (non-hydrogen) atoms. The molecule has 0 spiro atoms. The summed E-state index contributed by atoms with van der Waals surface area (Å²) in [4.78, 5) is 39.8. The van der Waals surface area contributed by atoms with Gasteiger partial charge in [-0.25, -0.2) is 4.79 Å². The lowest BCUT2D eigenvalue weighted by molar-refractivity contribution is -0.115. The second-order valence-corrected chi connectivity index (χ2v) is 11.8. The highest BCUT2D eigenvalue weighted by Gasteiger charge is 2.29. The summed E-state index contributed by atoms with van der Waals surface area (Å²) in [5.41, 5.74) is 1.98. The highest BCUT2D eigenvalue weighted by Crippen LogP contribution is 2.40. The van der Waals surface area contributed by atoms with Crippen molar-refractivity contribution in [1.29, 1.82) is 0 Å². The number of fused-ring (bicyclic) bond motifs is 1. The predicted molar refractivity (Wildman–Crippen MR) is 155 cm³/mol. The minimum atomic E-state index is -0.504. The third kappa shape index (κ3) is 6.84. The van der Waals surface area contributed by atoms with E-state index in [1.54, 1.807) is 45.2 Å². The molecule has 1 unspecified atom stereocenters. The monoisotopic (exact) mass is 585 g/mol. The van der Waals surface area contributed by atoms with E-state index in [0.717, 1.165) is 42.5 Å². The van der Waals surface area contributed by atoms with E-state index in [0.29, 0.717) is 39.4 Å². The number of aromatic nitrogens is 3. The summed E-state index contributed by atoms with van der Waals surface area (Å²) in [5.74, 6) is 0.349. The number of hydrogen-bond donors (Lipinski definition) is 2. The van der Waals surface area contributed by atoms with Gasteiger partial charge in [0.1, 0.15) is 10.8 Å². The van der Waals surface area contributed by atoms with Crippen molar-refractivity contribution >= 4 is 45.9 Å². The van der Waals surface area contributed by atoms with Crippen molar-refractivity contribution in [3.8, 4) is 5.75 Å². The van der Waals surface area contributed by atoms with Crippen LogP contribution in [0.3, 0.4) is 0 Å². The summed E-state index contributed by atoms with van der Waals surface area (Å²) >= 11 is 2.76. The van der Waals surface area contributed by atoms with Gasteiger partial charge in [-0.2, -0.15) is 0 Å². The van der Waals surface area contributed by atoms with Crippen LogP contribution in [0.25, 0.3) is 0 Å². The first-order valence-electron chi connectivity index (χ1n) is 13.5. The van der Waals surface area contributed by atoms with Crippen LogP contribution >= 0.6 is 23.1 Å². The van der Waals surface area contributed by atoms with Crippen molar-refractivity contribution in [2.75, 3.05) is 19.0 Å². The number of carbonyl (C=O) groups excluding carboxylic acids is 3. The lowest BCUT2D eigenvalue weighted by Crippen LogP contribution is -2.25. The number of rotatable bonds is 13. The number of anilines is 1. The van der Waals surface area contributed by atoms with E-state index in [1.807, 2.05) is 4.57 Å². The first-order chi connectivity index (χ1) is 19.4. The maximum atomic E-state index is 13.2. The fourth-order valence-corrected chi connectivity index (χ4v) is 6.61. The van der Waals surface area contributed by atoms with Gasteiger partial charge in [-0.15, -0.1) is 21.5 Å². The zero-order chi connectivity index (χ0) is 28.6. The van der Waals surface area contributed by atoms with Gasteiger partial charge >= 0.3 is 5.97 Å². The molecule has 2 heterocycles. The van der Waals surface area contributed by atoms with Crippen LogP contribution in [0, 0.1) is 0 Å². The van der Waals surface area contributed by atoms with E-state index in [2.05, 4.69) is 27.8 Å². The van der Waals surface area contributed by atoms with Crippen molar-refractivity contribution in [2.24, 2.45) is 0 Å². The first-order valence-corrected chi connectivity index (χ1v) is 15.2. The third-order valence-electron chi connectivity index (χ3n) is 6.56. The second-order valence-electron chi connectivity index (χ2n) is 9.35.